The van der Waals surface area contributed by atoms with Gasteiger partial charge in [0.15, 0.2) is 5.78 Å². The summed E-state index contributed by atoms with van der Waals surface area (Å²) in [7, 11) is -3.57. The highest BCUT2D eigenvalue weighted by molar-refractivity contribution is 7.92. The summed E-state index contributed by atoms with van der Waals surface area (Å²) < 4.78 is 30.7. The van der Waals surface area contributed by atoms with E-state index in [1.54, 1.807) is 18.2 Å². The van der Waals surface area contributed by atoms with Gasteiger partial charge in [-0.3, -0.25) is 18.8 Å². The van der Waals surface area contributed by atoms with Gasteiger partial charge in [0.05, 0.1) is 25.2 Å². The molecule has 27 heavy (non-hydrogen) atoms. The van der Waals surface area contributed by atoms with E-state index in [2.05, 4.69) is 10.2 Å². The number of hydrogen-bond donors (Lipinski definition) is 1. The van der Waals surface area contributed by atoms with Crippen molar-refractivity contribution in [1.29, 1.82) is 0 Å². The second kappa shape index (κ2) is 9.82. The molecule has 0 atom stereocenters. The van der Waals surface area contributed by atoms with Gasteiger partial charge in [0.25, 0.3) is 0 Å². The third-order valence-electron chi connectivity index (χ3n) is 4.34. The van der Waals surface area contributed by atoms with Crippen molar-refractivity contribution in [2.45, 2.75) is 13.3 Å². The molecule has 1 aliphatic rings. The van der Waals surface area contributed by atoms with Gasteiger partial charge in [-0.25, -0.2) is 8.42 Å². The molecule has 0 saturated carbocycles. The number of nitrogens with one attached hydrogen (secondary N) is 1. The molecular formula is C18H27N3O5S. The van der Waals surface area contributed by atoms with E-state index in [-0.39, 0.29) is 24.7 Å². The molecule has 1 aliphatic heterocycles. The van der Waals surface area contributed by atoms with E-state index in [0.29, 0.717) is 31.0 Å². The number of Topliss-reactive ketones (excluding diaryl/α,β-unsaturated/α-hetero) is 1. The minimum Gasteiger partial charge on any atom is -0.379 e. The maximum Gasteiger partial charge on any atom is 0.232 e. The van der Waals surface area contributed by atoms with Gasteiger partial charge < -0.3 is 10.1 Å². The molecule has 1 amide bonds. The van der Waals surface area contributed by atoms with Crippen LogP contribution in [0, 0.1) is 0 Å². The molecule has 1 N–H and O–H groups in total. The number of amides is 1. The first-order valence-electron chi connectivity index (χ1n) is 8.93. The standard InChI is InChI=1S/C18H27N3O5S/c1-15(22)16-4-3-5-17(14-16)21(27(2,24)25)8-6-18(23)19-7-9-20-10-12-26-13-11-20/h3-5,14H,6-13H2,1-2H3,(H,19,23). The maximum absolute atomic E-state index is 12.1. The van der Waals surface area contributed by atoms with Crippen LogP contribution in [0.5, 0.6) is 0 Å². The van der Waals surface area contributed by atoms with E-state index in [1.165, 1.54) is 13.0 Å². The molecular weight excluding hydrogens is 370 g/mol. The summed E-state index contributed by atoms with van der Waals surface area (Å²) in [5.41, 5.74) is 0.808. The number of hydrogen-bond acceptors (Lipinski definition) is 6. The Bertz CT molecular complexity index is 760. The van der Waals surface area contributed by atoms with Crippen LogP contribution < -0.4 is 9.62 Å². The van der Waals surface area contributed by atoms with Gasteiger partial charge in [-0.15, -0.1) is 0 Å². The van der Waals surface area contributed by atoms with Crippen LogP contribution in [0.25, 0.3) is 0 Å². The highest BCUT2D eigenvalue weighted by atomic mass is 32.2. The van der Waals surface area contributed by atoms with Crippen LogP contribution in [0.1, 0.15) is 23.7 Å². The maximum atomic E-state index is 12.1. The van der Waals surface area contributed by atoms with Crippen molar-refractivity contribution in [2.24, 2.45) is 0 Å². The highest BCUT2D eigenvalue weighted by Gasteiger charge is 2.19. The molecule has 150 valence electrons. The number of ether oxygens (including phenoxy) is 1. The fourth-order valence-electron chi connectivity index (χ4n) is 2.84. The minimum absolute atomic E-state index is 0.0174. The summed E-state index contributed by atoms with van der Waals surface area (Å²) in [6, 6.07) is 6.40. The summed E-state index contributed by atoms with van der Waals surface area (Å²) in [6.45, 7) is 5.81. The summed E-state index contributed by atoms with van der Waals surface area (Å²) in [6.07, 6.45) is 1.13. The number of ketones is 1. The number of carbonyl (C=O) groups is 2. The number of anilines is 1. The van der Waals surface area contributed by atoms with Crippen molar-refractivity contribution >= 4 is 27.4 Å². The van der Waals surface area contributed by atoms with Gasteiger partial charge in [0.1, 0.15) is 0 Å². The lowest BCUT2D eigenvalue weighted by Crippen LogP contribution is -2.42. The lowest BCUT2D eigenvalue weighted by atomic mass is 10.1. The largest absolute Gasteiger partial charge is 0.379 e. The molecule has 2 rings (SSSR count). The first kappa shape index (κ1) is 21.3. The van der Waals surface area contributed by atoms with Gasteiger partial charge >= 0.3 is 0 Å². The number of rotatable bonds is 9. The summed E-state index contributed by atoms with van der Waals surface area (Å²) in [5.74, 6) is -0.356. The number of nitrogens with zero attached hydrogens (tertiary/aromatic N) is 2. The third kappa shape index (κ3) is 6.93. The fourth-order valence-corrected chi connectivity index (χ4v) is 3.76. The Balaban J connectivity index is 1.90. The van der Waals surface area contributed by atoms with Crippen molar-refractivity contribution in [1.82, 2.24) is 10.2 Å². The van der Waals surface area contributed by atoms with Crippen molar-refractivity contribution in [3.8, 4) is 0 Å². The number of carbonyl (C=O) groups excluding carboxylic acids is 2. The van der Waals surface area contributed by atoms with Crippen LogP contribution >= 0.6 is 0 Å². The topological polar surface area (TPSA) is 96.0 Å². The lowest BCUT2D eigenvalue weighted by Gasteiger charge is -2.26. The number of sulfonamides is 1. The molecule has 8 nitrogen and oxygen atoms in total. The minimum atomic E-state index is -3.57. The van der Waals surface area contributed by atoms with Gasteiger partial charge in [-0.1, -0.05) is 12.1 Å². The second-order valence-corrected chi connectivity index (χ2v) is 8.40. The zero-order valence-electron chi connectivity index (χ0n) is 15.8. The Morgan fingerprint density at radius 2 is 1.96 bits per heavy atom. The predicted octanol–water partition coefficient (Wildman–Crippen LogP) is 0.494. The van der Waals surface area contributed by atoms with Gasteiger partial charge in [-0.05, 0) is 19.1 Å². The van der Waals surface area contributed by atoms with Gasteiger partial charge in [0, 0.05) is 44.7 Å². The summed E-state index contributed by atoms with van der Waals surface area (Å²) in [5, 5.41) is 2.82. The zero-order valence-corrected chi connectivity index (χ0v) is 16.6. The van der Waals surface area contributed by atoms with E-state index < -0.39 is 10.0 Å². The third-order valence-corrected chi connectivity index (χ3v) is 5.53. The van der Waals surface area contributed by atoms with Crippen LogP contribution in [0.3, 0.4) is 0 Å². The molecule has 9 heteroatoms. The average molecular weight is 397 g/mol. The Hall–Kier alpha value is -1.97. The van der Waals surface area contributed by atoms with Crippen molar-refractivity contribution in [3.63, 3.8) is 0 Å². The monoisotopic (exact) mass is 397 g/mol. The Kier molecular flexibility index (Phi) is 7.76. The van der Waals surface area contributed by atoms with Crippen LogP contribution in [0.2, 0.25) is 0 Å². The van der Waals surface area contributed by atoms with Crippen molar-refractivity contribution in [2.75, 3.05) is 56.5 Å². The molecule has 1 aromatic carbocycles. The van der Waals surface area contributed by atoms with E-state index in [0.717, 1.165) is 30.2 Å². The van der Waals surface area contributed by atoms with Gasteiger partial charge in [-0.2, -0.15) is 0 Å². The molecule has 0 radical (unpaired) electrons. The number of morpholine rings is 1. The van der Waals surface area contributed by atoms with Crippen molar-refractivity contribution in [3.05, 3.63) is 29.8 Å². The molecule has 1 fully saturated rings. The zero-order chi connectivity index (χ0) is 19.9. The molecule has 1 saturated heterocycles. The first-order chi connectivity index (χ1) is 12.8. The SMILES string of the molecule is CC(=O)c1cccc(N(CCC(=O)NCCN2CCOCC2)S(C)(=O)=O)c1. The lowest BCUT2D eigenvalue weighted by molar-refractivity contribution is -0.120. The van der Waals surface area contributed by atoms with Crippen LogP contribution in [0.4, 0.5) is 5.69 Å². The van der Waals surface area contributed by atoms with Gasteiger partial charge in [0.2, 0.25) is 15.9 Å². The van der Waals surface area contributed by atoms with Crippen LogP contribution in [-0.2, 0) is 19.6 Å². The normalized spacial score (nSPS) is 15.3. The van der Waals surface area contributed by atoms with E-state index in [1.807, 2.05) is 0 Å². The predicted molar refractivity (Wildman–Crippen MR) is 104 cm³/mol. The molecule has 1 heterocycles. The van der Waals surface area contributed by atoms with E-state index >= 15 is 0 Å². The molecule has 0 bridgehead atoms. The van der Waals surface area contributed by atoms with E-state index in [4.69, 9.17) is 4.74 Å². The molecule has 1 aromatic rings. The van der Waals surface area contributed by atoms with Crippen molar-refractivity contribution < 1.29 is 22.7 Å². The molecule has 0 aromatic heterocycles. The second-order valence-electron chi connectivity index (χ2n) is 6.50. The Morgan fingerprint density at radius 1 is 1.26 bits per heavy atom. The molecule has 0 aliphatic carbocycles. The highest BCUT2D eigenvalue weighted by Crippen LogP contribution is 2.19. The Morgan fingerprint density at radius 3 is 2.59 bits per heavy atom. The smallest absolute Gasteiger partial charge is 0.232 e. The Labute approximate surface area is 160 Å². The van der Waals surface area contributed by atoms with Crippen LogP contribution in [0.15, 0.2) is 24.3 Å². The quantitative estimate of drug-likeness (QED) is 0.610. The van der Waals surface area contributed by atoms with Crippen LogP contribution in [-0.4, -0.2) is 77.2 Å². The fraction of sp³-hybridized carbons (Fsp3) is 0.556. The number of benzene rings is 1. The average Bonchev–Trinajstić information content (AvgIpc) is 2.62. The molecule has 0 spiro atoms. The summed E-state index contributed by atoms with van der Waals surface area (Å²) in [4.78, 5) is 25.8. The summed E-state index contributed by atoms with van der Waals surface area (Å²) >= 11 is 0. The van der Waals surface area contributed by atoms with E-state index in [9.17, 15) is 18.0 Å². The first-order valence-corrected chi connectivity index (χ1v) is 10.8. The molecule has 0 unspecified atom stereocenters.